The molecule has 0 bridgehead atoms. The fraction of sp³-hybridized carbons (Fsp3) is 0.125. The van der Waals surface area contributed by atoms with Gasteiger partial charge in [-0.2, -0.15) is 0 Å². The summed E-state index contributed by atoms with van der Waals surface area (Å²) < 4.78 is 2.15. The minimum absolute atomic E-state index is 1.22. The van der Waals surface area contributed by atoms with E-state index in [0.29, 0.717) is 0 Å². The summed E-state index contributed by atoms with van der Waals surface area (Å²) in [5.41, 5.74) is 4.96. The van der Waals surface area contributed by atoms with E-state index >= 15 is 0 Å². The zero-order chi connectivity index (χ0) is 12.5. The summed E-state index contributed by atoms with van der Waals surface area (Å²) in [5.74, 6) is 0. The first-order valence-electron chi connectivity index (χ1n) is 6.08. The van der Waals surface area contributed by atoms with E-state index < -0.39 is 0 Å². The lowest BCUT2D eigenvalue weighted by Crippen LogP contribution is -2.07. The van der Waals surface area contributed by atoms with Crippen molar-refractivity contribution in [2.75, 3.05) is 19.0 Å². The molecule has 2 nitrogen and oxygen atoms in total. The molecule has 0 aliphatic rings. The summed E-state index contributed by atoms with van der Waals surface area (Å²) in [6, 6.07) is 17.1. The number of hydrogen-bond donors (Lipinski definition) is 0. The van der Waals surface area contributed by atoms with Crippen LogP contribution < -0.4 is 4.90 Å². The molecule has 3 aromatic rings. The highest BCUT2D eigenvalue weighted by molar-refractivity contribution is 5.71. The van der Waals surface area contributed by atoms with Gasteiger partial charge in [0.2, 0.25) is 0 Å². The molecule has 0 amide bonds. The first-order valence-corrected chi connectivity index (χ1v) is 6.08. The Morgan fingerprint density at radius 3 is 2.33 bits per heavy atom. The lowest BCUT2D eigenvalue weighted by molar-refractivity contribution is 1.13. The summed E-state index contributed by atoms with van der Waals surface area (Å²) in [6.45, 7) is 0. The summed E-state index contributed by atoms with van der Waals surface area (Å²) in [4.78, 5) is 2.11. The third-order valence-corrected chi connectivity index (χ3v) is 3.22. The van der Waals surface area contributed by atoms with Crippen molar-refractivity contribution in [3.05, 3.63) is 60.9 Å². The second-order valence-corrected chi connectivity index (χ2v) is 4.70. The number of aromatic nitrogens is 1. The maximum atomic E-state index is 2.21. The van der Waals surface area contributed by atoms with Gasteiger partial charge in [0, 0.05) is 43.3 Å². The number of rotatable bonds is 2. The molecule has 2 heteroatoms. The molecule has 90 valence electrons. The van der Waals surface area contributed by atoms with Crippen molar-refractivity contribution in [1.29, 1.82) is 0 Å². The fourth-order valence-corrected chi connectivity index (χ4v) is 2.17. The Balaban J connectivity index is 2.03. The van der Waals surface area contributed by atoms with Gasteiger partial charge in [-0.25, -0.2) is 0 Å². The van der Waals surface area contributed by atoms with Crippen molar-refractivity contribution in [3.63, 3.8) is 0 Å². The maximum Gasteiger partial charge on any atom is 0.0456 e. The Morgan fingerprint density at radius 2 is 1.67 bits per heavy atom. The topological polar surface area (TPSA) is 7.65 Å². The first-order chi connectivity index (χ1) is 8.74. The van der Waals surface area contributed by atoms with Crippen LogP contribution in [0.4, 0.5) is 5.69 Å². The molecule has 18 heavy (non-hydrogen) atoms. The zero-order valence-corrected chi connectivity index (χ0v) is 10.7. The summed E-state index contributed by atoms with van der Waals surface area (Å²) >= 11 is 0. The summed E-state index contributed by atoms with van der Waals surface area (Å²) in [7, 11) is 4.11. The lowest BCUT2D eigenvalue weighted by atomic mass is 10.1. The van der Waals surface area contributed by atoms with Crippen LogP contribution in [0.15, 0.2) is 60.9 Å². The van der Waals surface area contributed by atoms with Gasteiger partial charge in [-0.3, -0.25) is 0 Å². The van der Waals surface area contributed by atoms with Crippen molar-refractivity contribution in [1.82, 2.24) is 4.40 Å². The Hall–Kier alpha value is -2.22. The molecule has 0 saturated carbocycles. The number of nitrogens with zero attached hydrogens (tertiary/aromatic N) is 2. The van der Waals surface area contributed by atoms with Gasteiger partial charge in [-0.15, -0.1) is 0 Å². The molecule has 2 aromatic heterocycles. The minimum Gasteiger partial charge on any atom is -0.378 e. The molecule has 3 rings (SSSR count). The van der Waals surface area contributed by atoms with E-state index in [4.69, 9.17) is 0 Å². The van der Waals surface area contributed by atoms with Crippen LogP contribution in [0.2, 0.25) is 0 Å². The molecule has 0 N–H and O–H groups in total. The highest BCUT2D eigenvalue weighted by Gasteiger charge is 2.02. The predicted molar refractivity (Wildman–Crippen MR) is 77.2 cm³/mol. The van der Waals surface area contributed by atoms with Gasteiger partial charge in [-0.05, 0) is 35.9 Å². The average molecular weight is 236 g/mol. The fourth-order valence-electron chi connectivity index (χ4n) is 2.17. The smallest absolute Gasteiger partial charge is 0.0456 e. The average Bonchev–Trinajstić information content (AvgIpc) is 2.82. The number of anilines is 1. The Morgan fingerprint density at radius 1 is 0.889 bits per heavy atom. The largest absolute Gasteiger partial charge is 0.378 e. The molecule has 0 radical (unpaired) electrons. The normalized spacial score (nSPS) is 10.8. The lowest BCUT2D eigenvalue weighted by Gasteiger charge is -2.12. The SMILES string of the molecule is CN(C)c1ccc(-c2cc3ccccn3c2)cc1. The maximum absolute atomic E-state index is 2.21. The quantitative estimate of drug-likeness (QED) is 0.658. The number of benzene rings is 1. The molecular formula is C16H16N2. The van der Waals surface area contributed by atoms with Crippen LogP contribution in [0.25, 0.3) is 16.6 Å². The molecule has 1 aromatic carbocycles. The summed E-state index contributed by atoms with van der Waals surface area (Å²) in [5, 5.41) is 0. The van der Waals surface area contributed by atoms with Crippen LogP contribution in [0.1, 0.15) is 0 Å². The van der Waals surface area contributed by atoms with Crippen LogP contribution in [-0.2, 0) is 0 Å². The monoisotopic (exact) mass is 236 g/mol. The Bertz CT molecular complexity index is 630. The van der Waals surface area contributed by atoms with Crippen molar-refractivity contribution < 1.29 is 0 Å². The van der Waals surface area contributed by atoms with Gasteiger partial charge >= 0.3 is 0 Å². The van der Waals surface area contributed by atoms with Gasteiger partial charge < -0.3 is 9.30 Å². The van der Waals surface area contributed by atoms with Crippen molar-refractivity contribution >= 4 is 11.2 Å². The van der Waals surface area contributed by atoms with E-state index in [2.05, 4.69) is 78.3 Å². The Kier molecular flexibility index (Phi) is 2.56. The van der Waals surface area contributed by atoms with Crippen LogP contribution in [0.3, 0.4) is 0 Å². The number of fused-ring (bicyclic) bond motifs is 1. The predicted octanol–water partition coefficient (Wildman–Crippen LogP) is 3.67. The minimum atomic E-state index is 1.22. The molecule has 0 fully saturated rings. The highest BCUT2D eigenvalue weighted by Crippen LogP contribution is 2.24. The van der Waals surface area contributed by atoms with Crippen molar-refractivity contribution in [2.45, 2.75) is 0 Å². The van der Waals surface area contributed by atoms with E-state index in [-0.39, 0.29) is 0 Å². The van der Waals surface area contributed by atoms with Crippen LogP contribution in [0, 0.1) is 0 Å². The van der Waals surface area contributed by atoms with E-state index in [1.54, 1.807) is 0 Å². The molecule has 0 spiro atoms. The van der Waals surface area contributed by atoms with Gasteiger partial charge in [0.25, 0.3) is 0 Å². The molecular weight excluding hydrogens is 220 g/mol. The Labute approximate surface area is 107 Å². The molecule has 0 aliphatic carbocycles. The third-order valence-electron chi connectivity index (χ3n) is 3.22. The highest BCUT2D eigenvalue weighted by atomic mass is 15.1. The van der Waals surface area contributed by atoms with E-state index in [9.17, 15) is 0 Å². The van der Waals surface area contributed by atoms with Crippen LogP contribution in [-0.4, -0.2) is 18.5 Å². The van der Waals surface area contributed by atoms with Gasteiger partial charge in [0.1, 0.15) is 0 Å². The molecule has 0 atom stereocenters. The number of pyridine rings is 1. The van der Waals surface area contributed by atoms with Crippen molar-refractivity contribution in [2.24, 2.45) is 0 Å². The number of hydrogen-bond acceptors (Lipinski definition) is 1. The van der Waals surface area contributed by atoms with E-state index in [1.807, 2.05) is 6.07 Å². The van der Waals surface area contributed by atoms with Crippen molar-refractivity contribution in [3.8, 4) is 11.1 Å². The van der Waals surface area contributed by atoms with Gasteiger partial charge in [0.15, 0.2) is 0 Å². The third kappa shape index (κ3) is 1.86. The molecule has 0 aliphatic heterocycles. The zero-order valence-electron chi connectivity index (χ0n) is 10.7. The van der Waals surface area contributed by atoms with Crippen LogP contribution in [0.5, 0.6) is 0 Å². The molecule has 0 unspecified atom stereocenters. The van der Waals surface area contributed by atoms with Gasteiger partial charge in [0.05, 0.1) is 0 Å². The second kappa shape index (κ2) is 4.22. The van der Waals surface area contributed by atoms with E-state index in [0.717, 1.165) is 0 Å². The first kappa shape index (κ1) is 10.9. The van der Waals surface area contributed by atoms with Crippen LogP contribution >= 0.6 is 0 Å². The second-order valence-electron chi connectivity index (χ2n) is 4.70. The molecule has 2 heterocycles. The summed E-state index contributed by atoms with van der Waals surface area (Å²) in [6.07, 6.45) is 4.24. The standard InChI is InChI=1S/C16H16N2/c1-17(2)15-8-6-13(7-9-15)14-11-16-5-3-4-10-18(16)12-14/h3-12H,1-2H3. The molecule has 0 saturated heterocycles. The van der Waals surface area contributed by atoms with Gasteiger partial charge in [-0.1, -0.05) is 18.2 Å². The van der Waals surface area contributed by atoms with E-state index in [1.165, 1.54) is 22.3 Å².